The van der Waals surface area contributed by atoms with Crippen LogP contribution in [0.15, 0.2) is 42.5 Å². The highest BCUT2D eigenvalue weighted by Gasteiger charge is 2.08. The number of benzene rings is 2. The number of carbonyl (C=O) groups excluding carboxylic acids is 1. The summed E-state index contributed by atoms with van der Waals surface area (Å²) in [6.07, 6.45) is 0. The maximum Gasteiger partial charge on any atom is 0.255 e. The quantitative estimate of drug-likeness (QED) is 0.623. The second-order valence-corrected chi connectivity index (χ2v) is 5.36. The van der Waals surface area contributed by atoms with Crippen molar-refractivity contribution in [1.82, 2.24) is 0 Å². The molecular weight excluding hydrogens is 363 g/mol. The van der Waals surface area contributed by atoms with Gasteiger partial charge in [0.05, 0.1) is 10.7 Å². The third-order valence-electron chi connectivity index (χ3n) is 2.33. The van der Waals surface area contributed by atoms with Gasteiger partial charge in [-0.05, 0) is 59.0 Å². The molecule has 3 N–H and O–H groups in total. The molecule has 92 valence electrons. The number of anilines is 2. The van der Waals surface area contributed by atoms with E-state index in [1.165, 1.54) is 0 Å². The Morgan fingerprint density at radius 1 is 1.22 bits per heavy atom. The summed E-state index contributed by atoms with van der Waals surface area (Å²) in [4.78, 5) is 12.0. The molecule has 2 aromatic rings. The summed E-state index contributed by atoms with van der Waals surface area (Å²) in [7, 11) is 0. The Hall–Kier alpha value is -1.27. The summed E-state index contributed by atoms with van der Waals surface area (Å²) < 4.78 is 1.01. The van der Waals surface area contributed by atoms with E-state index < -0.39 is 0 Å². The van der Waals surface area contributed by atoms with Crippen LogP contribution in [0.4, 0.5) is 11.4 Å². The number of nitrogens with one attached hydrogen (secondary N) is 1. The Morgan fingerprint density at radius 2 is 2.00 bits per heavy atom. The van der Waals surface area contributed by atoms with E-state index in [-0.39, 0.29) is 5.91 Å². The first-order valence-electron chi connectivity index (χ1n) is 5.18. The van der Waals surface area contributed by atoms with E-state index in [0.29, 0.717) is 22.0 Å². The van der Waals surface area contributed by atoms with Crippen molar-refractivity contribution in [3.8, 4) is 0 Å². The van der Waals surface area contributed by atoms with Crippen LogP contribution in [0, 0.1) is 3.57 Å². The third-order valence-corrected chi connectivity index (χ3v) is 3.31. The molecule has 0 radical (unpaired) electrons. The molecule has 0 saturated carbocycles. The van der Waals surface area contributed by atoms with Crippen molar-refractivity contribution < 1.29 is 4.79 Å². The minimum atomic E-state index is -0.231. The monoisotopic (exact) mass is 372 g/mol. The molecule has 0 aliphatic rings. The van der Waals surface area contributed by atoms with Crippen LogP contribution in [0.25, 0.3) is 0 Å². The molecule has 0 aliphatic heterocycles. The van der Waals surface area contributed by atoms with E-state index in [4.69, 9.17) is 17.3 Å². The van der Waals surface area contributed by atoms with Crippen molar-refractivity contribution in [3.05, 3.63) is 56.6 Å². The second-order valence-electron chi connectivity index (χ2n) is 3.70. The van der Waals surface area contributed by atoms with E-state index >= 15 is 0 Å². The number of halogens is 2. The van der Waals surface area contributed by atoms with Gasteiger partial charge in [0.25, 0.3) is 5.91 Å². The van der Waals surface area contributed by atoms with Crippen LogP contribution in [-0.2, 0) is 0 Å². The van der Waals surface area contributed by atoms with Gasteiger partial charge in [0.1, 0.15) is 0 Å². The lowest BCUT2D eigenvalue weighted by Gasteiger charge is -2.08. The van der Waals surface area contributed by atoms with Gasteiger partial charge >= 0.3 is 0 Å². The molecule has 5 heteroatoms. The molecule has 0 fully saturated rings. The highest BCUT2D eigenvalue weighted by molar-refractivity contribution is 14.1. The average molecular weight is 373 g/mol. The maximum absolute atomic E-state index is 12.0. The van der Waals surface area contributed by atoms with E-state index in [2.05, 4.69) is 27.9 Å². The zero-order chi connectivity index (χ0) is 13.1. The van der Waals surface area contributed by atoms with Gasteiger partial charge in [-0.2, -0.15) is 0 Å². The fourth-order valence-corrected chi connectivity index (χ4v) is 2.37. The summed E-state index contributed by atoms with van der Waals surface area (Å²) in [5, 5.41) is 3.26. The summed E-state index contributed by atoms with van der Waals surface area (Å²) in [6.45, 7) is 0. The van der Waals surface area contributed by atoms with Gasteiger partial charge in [0.15, 0.2) is 0 Å². The molecule has 0 unspecified atom stereocenters. The van der Waals surface area contributed by atoms with Crippen LogP contribution >= 0.6 is 34.2 Å². The number of rotatable bonds is 2. The number of amides is 1. The lowest BCUT2D eigenvalue weighted by atomic mass is 10.2. The molecule has 2 rings (SSSR count). The average Bonchev–Trinajstić information content (AvgIpc) is 2.32. The maximum atomic E-state index is 12.0. The van der Waals surface area contributed by atoms with Gasteiger partial charge in [0.2, 0.25) is 0 Å². The lowest BCUT2D eigenvalue weighted by molar-refractivity contribution is 0.102. The van der Waals surface area contributed by atoms with Crippen LogP contribution < -0.4 is 11.1 Å². The van der Waals surface area contributed by atoms with Gasteiger partial charge in [-0.25, -0.2) is 0 Å². The van der Waals surface area contributed by atoms with E-state index in [1.807, 2.05) is 6.07 Å². The predicted molar refractivity (Wildman–Crippen MR) is 83.0 cm³/mol. The summed E-state index contributed by atoms with van der Waals surface area (Å²) in [5.74, 6) is -0.231. The van der Waals surface area contributed by atoms with Gasteiger partial charge in [-0.1, -0.05) is 17.7 Å². The summed E-state index contributed by atoms with van der Waals surface area (Å²) in [6, 6.07) is 12.2. The van der Waals surface area contributed by atoms with Gasteiger partial charge < -0.3 is 11.1 Å². The minimum absolute atomic E-state index is 0.231. The molecule has 0 heterocycles. The number of nitrogens with two attached hydrogens (primary N) is 1. The Labute approximate surface area is 123 Å². The van der Waals surface area contributed by atoms with Crippen LogP contribution in [0.1, 0.15) is 10.4 Å². The highest BCUT2D eigenvalue weighted by atomic mass is 127. The first kappa shape index (κ1) is 13.2. The zero-order valence-electron chi connectivity index (χ0n) is 9.28. The van der Waals surface area contributed by atoms with Crippen LogP contribution in [0.2, 0.25) is 5.02 Å². The van der Waals surface area contributed by atoms with Gasteiger partial charge in [-0.15, -0.1) is 0 Å². The Kier molecular flexibility index (Phi) is 4.08. The second kappa shape index (κ2) is 5.58. The van der Waals surface area contributed by atoms with Crippen molar-refractivity contribution in [2.45, 2.75) is 0 Å². The fraction of sp³-hybridized carbons (Fsp3) is 0. The first-order valence-corrected chi connectivity index (χ1v) is 6.64. The number of hydrogen-bond acceptors (Lipinski definition) is 2. The van der Waals surface area contributed by atoms with Gasteiger partial charge in [0, 0.05) is 14.8 Å². The number of carbonyl (C=O) groups is 1. The van der Waals surface area contributed by atoms with Crippen molar-refractivity contribution >= 4 is 51.5 Å². The summed E-state index contributed by atoms with van der Waals surface area (Å²) >= 11 is 8.21. The first-order chi connectivity index (χ1) is 8.56. The van der Waals surface area contributed by atoms with Gasteiger partial charge in [-0.3, -0.25) is 4.79 Å². The largest absolute Gasteiger partial charge is 0.399 e. The standard InChI is InChI=1S/C13H10ClIN2O/c14-11-7-9(15)4-5-12(11)17-13(18)8-2-1-3-10(16)6-8/h1-7H,16H2,(H,17,18). The van der Waals surface area contributed by atoms with Crippen molar-refractivity contribution in [2.75, 3.05) is 11.1 Å². The van der Waals surface area contributed by atoms with E-state index in [1.54, 1.807) is 36.4 Å². The van der Waals surface area contributed by atoms with Crippen LogP contribution in [0.3, 0.4) is 0 Å². The molecule has 0 atom stereocenters. The van der Waals surface area contributed by atoms with Crippen molar-refractivity contribution in [2.24, 2.45) is 0 Å². The smallest absolute Gasteiger partial charge is 0.255 e. The molecular formula is C13H10ClIN2O. The van der Waals surface area contributed by atoms with Crippen molar-refractivity contribution in [3.63, 3.8) is 0 Å². The van der Waals surface area contributed by atoms with Crippen LogP contribution in [0.5, 0.6) is 0 Å². The number of nitrogen functional groups attached to an aromatic ring is 1. The van der Waals surface area contributed by atoms with E-state index in [9.17, 15) is 4.79 Å². The Morgan fingerprint density at radius 3 is 2.67 bits per heavy atom. The molecule has 0 spiro atoms. The number of hydrogen-bond donors (Lipinski definition) is 2. The Balaban J connectivity index is 2.21. The van der Waals surface area contributed by atoms with E-state index in [0.717, 1.165) is 3.57 Å². The van der Waals surface area contributed by atoms with Crippen LogP contribution in [-0.4, -0.2) is 5.91 Å². The molecule has 0 saturated heterocycles. The highest BCUT2D eigenvalue weighted by Crippen LogP contribution is 2.24. The molecule has 0 aliphatic carbocycles. The molecule has 0 aromatic heterocycles. The molecule has 1 amide bonds. The molecule has 0 bridgehead atoms. The lowest BCUT2D eigenvalue weighted by Crippen LogP contribution is -2.12. The topological polar surface area (TPSA) is 55.1 Å². The molecule has 2 aromatic carbocycles. The molecule has 18 heavy (non-hydrogen) atoms. The fourth-order valence-electron chi connectivity index (χ4n) is 1.47. The zero-order valence-corrected chi connectivity index (χ0v) is 12.2. The Bertz CT molecular complexity index is 601. The summed E-state index contributed by atoms with van der Waals surface area (Å²) in [5.41, 5.74) is 7.28. The van der Waals surface area contributed by atoms with Crippen molar-refractivity contribution in [1.29, 1.82) is 0 Å². The third kappa shape index (κ3) is 3.14. The SMILES string of the molecule is Nc1cccc(C(=O)Nc2ccc(I)cc2Cl)c1. The normalized spacial score (nSPS) is 10.1. The molecule has 3 nitrogen and oxygen atoms in total. The predicted octanol–water partition coefficient (Wildman–Crippen LogP) is 3.78. The minimum Gasteiger partial charge on any atom is -0.399 e.